The van der Waals surface area contributed by atoms with Crippen LogP contribution in [0.5, 0.6) is 0 Å². The van der Waals surface area contributed by atoms with Crippen molar-refractivity contribution in [2.24, 2.45) is 5.92 Å². The van der Waals surface area contributed by atoms with Crippen LogP contribution in [0, 0.1) is 12.8 Å². The van der Waals surface area contributed by atoms with Crippen LogP contribution in [0.15, 0.2) is 30.6 Å². The molecule has 1 aliphatic rings. The summed E-state index contributed by atoms with van der Waals surface area (Å²) in [6.45, 7) is 4.21. The zero-order valence-corrected chi connectivity index (χ0v) is 16.0. The number of fused-ring (bicyclic) bond motifs is 1. The molecule has 4 rings (SSSR count). The van der Waals surface area contributed by atoms with Crippen molar-refractivity contribution in [1.29, 1.82) is 0 Å². The second kappa shape index (κ2) is 7.13. The van der Waals surface area contributed by atoms with E-state index < -0.39 is 17.8 Å². The summed E-state index contributed by atoms with van der Waals surface area (Å²) in [5.74, 6) is 0.388. The van der Waals surface area contributed by atoms with Gasteiger partial charge in [-0.15, -0.1) is 0 Å². The minimum absolute atomic E-state index is 0.194. The molecule has 1 saturated carbocycles. The number of nitrogens with zero attached hydrogens (tertiary/aromatic N) is 4. The van der Waals surface area contributed by atoms with Crippen LogP contribution in [0.4, 0.5) is 13.2 Å². The molecule has 0 aliphatic heterocycles. The molecule has 0 radical (unpaired) electrons. The van der Waals surface area contributed by atoms with Crippen LogP contribution in [0.3, 0.4) is 0 Å². The number of amides is 1. The van der Waals surface area contributed by atoms with Crippen LogP contribution in [-0.4, -0.2) is 25.4 Å². The first kappa shape index (κ1) is 19.4. The first-order valence-electron chi connectivity index (χ1n) is 9.45. The SMILES string of the molecule is CCn1c([C@@H](NC(=O)c2cnc(C)cn2)C2CC2)nc2cc(C(F)(F)F)ccc21. The van der Waals surface area contributed by atoms with E-state index in [4.69, 9.17) is 0 Å². The van der Waals surface area contributed by atoms with Gasteiger partial charge in [-0.3, -0.25) is 9.78 Å². The third-order valence-electron chi connectivity index (χ3n) is 5.09. The predicted molar refractivity (Wildman–Crippen MR) is 100 cm³/mol. The van der Waals surface area contributed by atoms with Gasteiger partial charge in [-0.05, 0) is 50.8 Å². The lowest BCUT2D eigenvalue weighted by atomic mass is 10.1. The van der Waals surface area contributed by atoms with Gasteiger partial charge in [0.15, 0.2) is 0 Å². The molecule has 1 aromatic carbocycles. The van der Waals surface area contributed by atoms with Crippen molar-refractivity contribution >= 4 is 16.9 Å². The number of nitrogens with one attached hydrogen (secondary N) is 1. The first-order valence-corrected chi connectivity index (χ1v) is 9.45. The Bertz CT molecular complexity index is 1050. The normalized spacial score (nSPS) is 15.5. The Morgan fingerprint density at radius 1 is 1.28 bits per heavy atom. The summed E-state index contributed by atoms with van der Waals surface area (Å²) in [5, 5.41) is 2.96. The molecule has 3 aromatic rings. The number of aromatic nitrogens is 4. The number of carbonyl (C=O) groups is 1. The number of hydrogen-bond donors (Lipinski definition) is 1. The van der Waals surface area contributed by atoms with Gasteiger partial charge >= 0.3 is 6.18 Å². The van der Waals surface area contributed by atoms with Gasteiger partial charge in [0.2, 0.25) is 0 Å². The quantitative estimate of drug-likeness (QED) is 0.698. The highest BCUT2D eigenvalue weighted by atomic mass is 19.4. The van der Waals surface area contributed by atoms with Gasteiger partial charge in [-0.1, -0.05) is 0 Å². The Balaban J connectivity index is 1.71. The molecule has 2 aromatic heterocycles. The van der Waals surface area contributed by atoms with Crippen molar-refractivity contribution in [3.8, 4) is 0 Å². The minimum Gasteiger partial charge on any atom is -0.340 e. The van der Waals surface area contributed by atoms with Gasteiger partial charge in [-0.2, -0.15) is 13.2 Å². The summed E-state index contributed by atoms with van der Waals surface area (Å²) in [7, 11) is 0. The van der Waals surface area contributed by atoms with Crippen LogP contribution >= 0.6 is 0 Å². The lowest BCUT2D eigenvalue weighted by Gasteiger charge is -2.19. The molecule has 0 spiro atoms. The number of halogens is 3. The lowest BCUT2D eigenvalue weighted by Crippen LogP contribution is -2.32. The minimum atomic E-state index is -4.43. The first-order chi connectivity index (χ1) is 13.8. The summed E-state index contributed by atoms with van der Waals surface area (Å²) >= 11 is 0. The van der Waals surface area contributed by atoms with Crippen molar-refractivity contribution in [3.63, 3.8) is 0 Å². The molecule has 6 nitrogen and oxygen atoms in total. The third-order valence-corrected chi connectivity index (χ3v) is 5.09. The van der Waals surface area contributed by atoms with Gasteiger partial charge in [0, 0.05) is 12.7 Å². The number of benzene rings is 1. The smallest absolute Gasteiger partial charge is 0.340 e. The Kier molecular flexibility index (Phi) is 4.76. The van der Waals surface area contributed by atoms with Gasteiger partial charge in [-0.25, -0.2) is 9.97 Å². The van der Waals surface area contributed by atoms with Crippen molar-refractivity contribution < 1.29 is 18.0 Å². The van der Waals surface area contributed by atoms with E-state index in [1.54, 1.807) is 6.92 Å². The van der Waals surface area contributed by atoms with Gasteiger partial charge in [0.1, 0.15) is 11.5 Å². The van der Waals surface area contributed by atoms with E-state index in [9.17, 15) is 18.0 Å². The Morgan fingerprint density at radius 3 is 2.62 bits per heavy atom. The highest BCUT2D eigenvalue weighted by Gasteiger charge is 2.37. The van der Waals surface area contributed by atoms with Gasteiger partial charge in [0.05, 0.1) is 34.5 Å². The lowest BCUT2D eigenvalue weighted by molar-refractivity contribution is -0.137. The van der Waals surface area contributed by atoms with Crippen LogP contribution < -0.4 is 5.32 Å². The fourth-order valence-corrected chi connectivity index (χ4v) is 3.44. The number of imidazole rings is 1. The zero-order valence-electron chi connectivity index (χ0n) is 16.0. The number of hydrogen-bond acceptors (Lipinski definition) is 4. The average molecular weight is 403 g/mol. The van der Waals surface area contributed by atoms with Crippen molar-refractivity contribution in [3.05, 3.63) is 53.4 Å². The van der Waals surface area contributed by atoms with Crippen molar-refractivity contribution in [1.82, 2.24) is 24.8 Å². The van der Waals surface area contributed by atoms with Crippen LogP contribution in [0.25, 0.3) is 11.0 Å². The number of rotatable bonds is 5. The highest BCUT2D eigenvalue weighted by Crippen LogP contribution is 2.42. The van der Waals surface area contributed by atoms with E-state index >= 15 is 0 Å². The summed E-state index contributed by atoms with van der Waals surface area (Å²) in [6, 6.07) is 3.16. The van der Waals surface area contributed by atoms with E-state index in [2.05, 4.69) is 20.3 Å². The van der Waals surface area contributed by atoms with Gasteiger partial charge in [0.25, 0.3) is 5.91 Å². The van der Waals surface area contributed by atoms with E-state index in [0.29, 0.717) is 23.6 Å². The third kappa shape index (κ3) is 3.81. The van der Waals surface area contributed by atoms with Crippen LogP contribution in [0.2, 0.25) is 0 Å². The largest absolute Gasteiger partial charge is 0.416 e. The highest BCUT2D eigenvalue weighted by molar-refractivity contribution is 5.92. The molecule has 0 unspecified atom stereocenters. The Labute approximate surface area is 165 Å². The molecule has 152 valence electrons. The molecule has 1 N–H and O–H groups in total. The number of aryl methyl sites for hydroxylation is 2. The summed E-state index contributed by atoms with van der Waals surface area (Å²) in [4.78, 5) is 25.4. The second-order valence-electron chi connectivity index (χ2n) is 7.25. The Hall–Kier alpha value is -2.97. The molecule has 1 fully saturated rings. The number of alkyl halides is 3. The summed E-state index contributed by atoms with van der Waals surface area (Å²) in [6.07, 6.45) is 0.336. The van der Waals surface area contributed by atoms with Crippen LogP contribution in [0.1, 0.15) is 53.4 Å². The van der Waals surface area contributed by atoms with E-state index in [0.717, 1.165) is 25.0 Å². The maximum Gasteiger partial charge on any atom is 0.416 e. The molecule has 1 amide bonds. The molecule has 1 atom stereocenters. The zero-order chi connectivity index (χ0) is 20.8. The summed E-state index contributed by atoms with van der Waals surface area (Å²) < 4.78 is 41.1. The monoisotopic (exact) mass is 403 g/mol. The van der Waals surface area contributed by atoms with E-state index in [1.807, 2.05) is 11.5 Å². The Morgan fingerprint density at radius 2 is 2.03 bits per heavy atom. The molecule has 29 heavy (non-hydrogen) atoms. The standard InChI is InChI=1S/C20H20F3N5O/c1-3-28-16-7-6-13(20(21,22)23)8-14(16)26-18(28)17(12-4-5-12)27-19(29)15-10-24-11(2)9-25-15/h6-10,12,17H,3-5H2,1-2H3,(H,27,29)/t17-/m0/s1. The maximum absolute atomic E-state index is 13.1. The molecule has 2 heterocycles. The molecule has 1 aliphatic carbocycles. The molecular formula is C20H20F3N5O. The van der Waals surface area contributed by atoms with Crippen LogP contribution in [-0.2, 0) is 12.7 Å². The van der Waals surface area contributed by atoms with Crippen molar-refractivity contribution in [2.75, 3.05) is 0 Å². The maximum atomic E-state index is 13.1. The summed E-state index contributed by atoms with van der Waals surface area (Å²) in [5.41, 5.74) is 1.05. The average Bonchev–Trinajstić information content (AvgIpc) is 3.45. The van der Waals surface area contributed by atoms with E-state index in [-0.39, 0.29) is 23.0 Å². The van der Waals surface area contributed by atoms with E-state index in [1.165, 1.54) is 18.5 Å². The fourth-order valence-electron chi connectivity index (χ4n) is 3.44. The van der Waals surface area contributed by atoms with Gasteiger partial charge < -0.3 is 9.88 Å². The number of carbonyl (C=O) groups excluding carboxylic acids is 1. The molecule has 0 bridgehead atoms. The topological polar surface area (TPSA) is 72.7 Å². The molecular weight excluding hydrogens is 383 g/mol. The van der Waals surface area contributed by atoms with Crippen molar-refractivity contribution in [2.45, 2.75) is 45.5 Å². The second-order valence-corrected chi connectivity index (χ2v) is 7.25. The fraction of sp³-hybridized carbons (Fsp3) is 0.400. The molecule has 0 saturated heterocycles. The molecule has 9 heteroatoms. The predicted octanol–water partition coefficient (Wildman–Crippen LogP) is 4.05.